The lowest BCUT2D eigenvalue weighted by molar-refractivity contribution is 0.0654. The van der Waals surface area contributed by atoms with Crippen molar-refractivity contribution in [2.24, 2.45) is 0 Å². The Kier molecular flexibility index (Phi) is 3.95. The molecule has 1 aliphatic heterocycles. The third-order valence-corrected chi connectivity index (χ3v) is 4.07. The molecule has 0 saturated carbocycles. The standard InChI is InChI=1S/C16H13BrF2O2/c17-11-4-5-14-12(7-11)13(20)8-15(21-14)9-2-1-3-10(6-9)16(18)19/h1-7,13,15-16,20H,8H2. The Balaban J connectivity index is 1.92. The average Bonchev–Trinajstić information content (AvgIpc) is 2.48. The van der Waals surface area contributed by atoms with E-state index in [1.54, 1.807) is 18.2 Å². The van der Waals surface area contributed by atoms with Gasteiger partial charge in [-0.15, -0.1) is 0 Å². The fourth-order valence-corrected chi connectivity index (χ4v) is 2.90. The van der Waals surface area contributed by atoms with E-state index in [0.29, 0.717) is 23.3 Å². The number of fused-ring (bicyclic) bond motifs is 1. The van der Waals surface area contributed by atoms with Gasteiger partial charge in [-0.3, -0.25) is 0 Å². The van der Waals surface area contributed by atoms with Crippen LogP contribution in [0.25, 0.3) is 0 Å². The number of alkyl halides is 2. The SMILES string of the molecule is OC1CC(c2cccc(C(F)F)c2)Oc2ccc(Br)cc21. The second-order valence-corrected chi connectivity index (χ2v) is 5.93. The maximum Gasteiger partial charge on any atom is 0.263 e. The lowest BCUT2D eigenvalue weighted by Crippen LogP contribution is -2.19. The third kappa shape index (κ3) is 2.94. The van der Waals surface area contributed by atoms with Gasteiger partial charge in [0.05, 0.1) is 6.10 Å². The van der Waals surface area contributed by atoms with Crippen LogP contribution < -0.4 is 4.74 Å². The van der Waals surface area contributed by atoms with Crippen LogP contribution in [0.1, 0.15) is 41.7 Å². The van der Waals surface area contributed by atoms with Crippen molar-refractivity contribution in [3.8, 4) is 5.75 Å². The quantitative estimate of drug-likeness (QED) is 0.827. The molecule has 5 heteroatoms. The number of rotatable bonds is 2. The van der Waals surface area contributed by atoms with E-state index in [1.807, 2.05) is 12.1 Å². The topological polar surface area (TPSA) is 29.5 Å². The predicted octanol–water partition coefficient (Wildman–Crippen LogP) is 4.94. The number of benzene rings is 2. The van der Waals surface area contributed by atoms with E-state index in [0.717, 1.165) is 4.47 Å². The van der Waals surface area contributed by atoms with Crippen molar-refractivity contribution in [3.63, 3.8) is 0 Å². The summed E-state index contributed by atoms with van der Waals surface area (Å²) in [4.78, 5) is 0. The molecule has 0 spiro atoms. The second kappa shape index (κ2) is 5.73. The molecule has 2 aromatic rings. The molecule has 2 nitrogen and oxygen atoms in total. The molecule has 110 valence electrons. The van der Waals surface area contributed by atoms with Crippen LogP contribution >= 0.6 is 15.9 Å². The summed E-state index contributed by atoms with van der Waals surface area (Å²) in [7, 11) is 0. The minimum atomic E-state index is -2.51. The first-order valence-corrected chi connectivity index (χ1v) is 7.36. The van der Waals surface area contributed by atoms with Crippen LogP contribution in [-0.4, -0.2) is 5.11 Å². The molecule has 1 aliphatic rings. The van der Waals surface area contributed by atoms with Gasteiger partial charge >= 0.3 is 0 Å². The van der Waals surface area contributed by atoms with Gasteiger partial charge in [0, 0.05) is 22.0 Å². The number of hydrogen-bond acceptors (Lipinski definition) is 2. The second-order valence-electron chi connectivity index (χ2n) is 5.01. The Morgan fingerprint density at radius 2 is 2.00 bits per heavy atom. The van der Waals surface area contributed by atoms with E-state index < -0.39 is 18.6 Å². The lowest BCUT2D eigenvalue weighted by Gasteiger charge is -2.30. The van der Waals surface area contributed by atoms with Gasteiger partial charge in [0.25, 0.3) is 6.43 Å². The molecular weight excluding hydrogens is 342 g/mol. The molecule has 2 aromatic carbocycles. The predicted molar refractivity (Wildman–Crippen MR) is 78.5 cm³/mol. The molecule has 0 aliphatic carbocycles. The van der Waals surface area contributed by atoms with Crippen molar-refractivity contribution in [1.29, 1.82) is 0 Å². The average molecular weight is 355 g/mol. The van der Waals surface area contributed by atoms with Gasteiger partial charge in [-0.2, -0.15) is 0 Å². The summed E-state index contributed by atoms with van der Waals surface area (Å²) in [5, 5.41) is 10.2. The van der Waals surface area contributed by atoms with Gasteiger partial charge in [0.1, 0.15) is 11.9 Å². The summed E-state index contributed by atoms with van der Waals surface area (Å²) >= 11 is 3.35. The zero-order valence-corrected chi connectivity index (χ0v) is 12.6. The highest BCUT2D eigenvalue weighted by molar-refractivity contribution is 9.10. The number of hydrogen-bond donors (Lipinski definition) is 1. The van der Waals surface area contributed by atoms with Crippen molar-refractivity contribution in [1.82, 2.24) is 0 Å². The Hall–Kier alpha value is -1.46. The molecule has 21 heavy (non-hydrogen) atoms. The summed E-state index contributed by atoms with van der Waals surface area (Å²) in [5.41, 5.74) is 1.33. The van der Waals surface area contributed by atoms with Crippen LogP contribution in [0, 0.1) is 0 Å². The van der Waals surface area contributed by atoms with Crippen molar-refractivity contribution < 1.29 is 18.6 Å². The van der Waals surface area contributed by atoms with E-state index in [9.17, 15) is 13.9 Å². The van der Waals surface area contributed by atoms with Crippen LogP contribution in [0.15, 0.2) is 46.9 Å². The zero-order valence-electron chi connectivity index (χ0n) is 11.0. The molecule has 1 heterocycles. The van der Waals surface area contributed by atoms with Gasteiger partial charge in [-0.1, -0.05) is 34.1 Å². The summed E-state index contributed by atoms with van der Waals surface area (Å²) in [6.45, 7) is 0. The van der Waals surface area contributed by atoms with Crippen molar-refractivity contribution >= 4 is 15.9 Å². The molecule has 3 rings (SSSR count). The largest absolute Gasteiger partial charge is 0.485 e. The van der Waals surface area contributed by atoms with Crippen molar-refractivity contribution in [3.05, 3.63) is 63.6 Å². The fraction of sp³-hybridized carbons (Fsp3) is 0.250. The van der Waals surface area contributed by atoms with E-state index in [1.165, 1.54) is 12.1 Å². The van der Waals surface area contributed by atoms with Gasteiger partial charge in [-0.25, -0.2) is 8.78 Å². The summed E-state index contributed by atoms with van der Waals surface area (Å²) < 4.78 is 32.3. The van der Waals surface area contributed by atoms with Gasteiger partial charge in [0.15, 0.2) is 0 Å². The Morgan fingerprint density at radius 1 is 1.19 bits per heavy atom. The van der Waals surface area contributed by atoms with Crippen LogP contribution in [0.3, 0.4) is 0 Å². The highest BCUT2D eigenvalue weighted by Gasteiger charge is 2.28. The first kappa shape index (κ1) is 14.5. The number of halogens is 3. The molecule has 2 unspecified atom stereocenters. The van der Waals surface area contributed by atoms with Gasteiger partial charge < -0.3 is 9.84 Å². The lowest BCUT2D eigenvalue weighted by atomic mass is 9.94. The molecule has 0 bridgehead atoms. The fourth-order valence-electron chi connectivity index (χ4n) is 2.52. The van der Waals surface area contributed by atoms with Gasteiger partial charge in [-0.05, 0) is 29.8 Å². The van der Waals surface area contributed by atoms with Crippen molar-refractivity contribution in [2.45, 2.75) is 25.1 Å². The van der Waals surface area contributed by atoms with Crippen molar-refractivity contribution in [2.75, 3.05) is 0 Å². The monoisotopic (exact) mass is 354 g/mol. The zero-order chi connectivity index (χ0) is 15.0. The first-order chi connectivity index (χ1) is 10.0. The summed E-state index contributed by atoms with van der Waals surface area (Å²) in [6, 6.07) is 11.6. The van der Waals surface area contributed by atoms with Crippen LogP contribution in [-0.2, 0) is 0 Å². The number of aliphatic hydroxyl groups excluding tert-OH is 1. The van der Waals surface area contributed by atoms with Crippen LogP contribution in [0.4, 0.5) is 8.78 Å². The first-order valence-electron chi connectivity index (χ1n) is 6.57. The van der Waals surface area contributed by atoms with E-state index >= 15 is 0 Å². The van der Waals surface area contributed by atoms with Crippen LogP contribution in [0.2, 0.25) is 0 Å². The Morgan fingerprint density at radius 3 is 2.76 bits per heavy atom. The maximum absolute atomic E-state index is 12.8. The molecule has 0 fully saturated rings. The minimum absolute atomic E-state index is 0.0350. The molecule has 0 saturated heterocycles. The van der Waals surface area contributed by atoms with E-state index in [-0.39, 0.29) is 5.56 Å². The normalized spacial score (nSPS) is 21.0. The maximum atomic E-state index is 12.8. The highest BCUT2D eigenvalue weighted by Crippen LogP contribution is 2.42. The summed E-state index contributed by atoms with van der Waals surface area (Å²) in [6.07, 6.45) is -3.27. The number of aliphatic hydroxyl groups is 1. The Labute approximate surface area is 129 Å². The minimum Gasteiger partial charge on any atom is -0.485 e. The number of ether oxygens (including phenoxy) is 1. The smallest absolute Gasteiger partial charge is 0.263 e. The Bertz CT molecular complexity index is 660. The molecule has 0 amide bonds. The van der Waals surface area contributed by atoms with E-state index in [4.69, 9.17) is 4.74 Å². The molecule has 0 radical (unpaired) electrons. The molecule has 2 atom stereocenters. The molecule has 0 aromatic heterocycles. The van der Waals surface area contributed by atoms with Crippen LogP contribution in [0.5, 0.6) is 5.75 Å². The molecular formula is C16H13BrF2O2. The summed E-state index contributed by atoms with van der Waals surface area (Å²) in [5.74, 6) is 0.587. The van der Waals surface area contributed by atoms with Gasteiger partial charge in [0.2, 0.25) is 0 Å². The highest BCUT2D eigenvalue weighted by atomic mass is 79.9. The molecule has 1 N–H and O–H groups in total. The van der Waals surface area contributed by atoms with E-state index in [2.05, 4.69) is 15.9 Å². The third-order valence-electron chi connectivity index (χ3n) is 3.57.